The van der Waals surface area contributed by atoms with Gasteiger partial charge in [-0.05, 0) is 51.6 Å². The zero-order chi connectivity index (χ0) is 25.2. The number of carboxylic acid groups (broad SMARTS) is 1. The zero-order valence-corrected chi connectivity index (χ0v) is 19.9. The smallest absolute Gasteiger partial charge is 0.315 e. The lowest BCUT2D eigenvalue weighted by Crippen LogP contribution is -2.12. The molecule has 0 aliphatic rings. The summed E-state index contributed by atoms with van der Waals surface area (Å²) in [7, 11) is 0. The molecule has 0 amide bonds. The van der Waals surface area contributed by atoms with E-state index in [-0.39, 0.29) is 0 Å². The molecule has 0 radical (unpaired) electrons. The number of nitrogens with zero attached hydrogens (tertiary/aromatic N) is 1. The maximum absolute atomic E-state index is 12.0. The maximum Gasteiger partial charge on any atom is 0.315 e. The van der Waals surface area contributed by atoms with E-state index in [2.05, 4.69) is 35.3 Å². The van der Waals surface area contributed by atoms with Crippen LogP contribution in [0.1, 0.15) is 17.0 Å². The topological polar surface area (TPSA) is 63.3 Å². The minimum absolute atomic E-state index is 0.600. The van der Waals surface area contributed by atoms with Crippen molar-refractivity contribution in [2.45, 2.75) is 5.92 Å². The minimum Gasteiger partial charge on any atom is -0.481 e. The van der Waals surface area contributed by atoms with E-state index in [4.69, 9.17) is 4.42 Å². The van der Waals surface area contributed by atoms with Gasteiger partial charge in [-0.1, -0.05) is 109 Å². The number of rotatable bonds is 6. The molecule has 6 rings (SSSR count). The van der Waals surface area contributed by atoms with E-state index in [9.17, 15) is 9.90 Å². The predicted octanol–water partition coefficient (Wildman–Crippen LogP) is 8.05. The van der Waals surface area contributed by atoms with Crippen molar-refractivity contribution in [1.29, 1.82) is 0 Å². The number of carbonyl (C=O) groups is 1. The number of para-hydroxylation sites is 2. The number of aliphatic carboxylic acids is 1. The van der Waals surface area contributed by atoms with Crippen LogP contribution in [0.4, 0.5) is 0 Å². The Kier molecular flexibility index (Phi) is 5.83. The lowest BCUT2D eigenvalue weighted by atomic mass is 9.90. The Bertz CT molecular complexity index is 1650. The number of fused-ring (bicyclic) bond motifs is 1. The Balaban J connectivity index is 1.29. The summed E-state index contributed by atoms with van der Waals surface area (Å²) < 4.78 is 6.04. The molecule has 1 heterocycles. The Morgan fingerprint density at radius 2 is 1.14 bits per heavy atom. The van der Waals surface area contributed by atoms with Gasteiger partial charge in [-0.25, -0.2) is 4.98 Å². The summed E-state index contributed by atoms with van der Waals surface area (Å²) in [6.07, 6.45) is 0. The van der Waals surface area contributed by atoms with Crippen molar-refractivity contribution in [3.05, 3.63) is 139 Å². The molecular formula is C33H23NO3. The van der Waals surface area contributed by atoms with Crippen LogP contribution in [0.3, 0.4) is 0 Å². The van der Waals surface area contributed by atoms with Gasteiger partial charge in [0.15, 0.2) is 5.58 Å². The molecule has 0 saturated heterocycles. The molecule has 1 aromatic heterocycles. The van der Waals surface area contributed by atoms with Gasteiger partial charge in [0.25, 0.3) is 0 Å². The average Bonchev–Trinajstić information content (AvgIpc) is 3.39. The van der Waals surface area contributed by atoms with Gasteiger partial charge in [-0.15, -0.1) is 0 Å². The molecular weight excluding hydrogens is 458 g/mol. The average molecular weight is 482 g/mol. The second-order valence-electron chi connectivity index (χ2n) is 8.91. The Morgan fingerprint density at radius 3 is 1.81 bits per heavy atom. The van der Waals surface area contributed by atoms with Gasteiger partial charge in [-0.2, -0.15) is 0 Å². The summed E-state index contributed by atoms with van der Waals surface area (Å²) in [5.74, 6) is -0.954. The SMILES string of the molecule is O=C(O)C(c1ccccc1)c1ccc(-c2ccc(-c3ccccc3-c3nc4ccccc4o3)cc2)cc1. The highest BCUT2D eigenvalue weighted by atomic mass is 16.4. The first kappa shape index (κ1) is 22.5. The van der Waals surface area contributed by atoms with E-state index in [0.717, 1.165) is 50.0 Å². The maximum atomic E-state index is 12.0. The Morgan fingerprint density at radius 1 is 0.595 bits per heavy atom. The number of oxazole rings is 1. The van der Waals surface area contributed by atoms with Crippen molar-refractivity contribution in [3.63, 3.8) is 0 Å². The lowest BCUT2D eigenvalue weighted by Gasteiger charge is -2.14. The van der Waals surface area contributed by atoms with E-state index in [1.165, 1.54) is 0 Å². The van der Waals surface area contributed by atoms with Gasteiger partial charge < -0.3 is 9.52 Å². The van der Waals surface area contributed by atoms with Gasteiger partial charge in [-0.3, -0.25) is 4.79 Å². The standard InChI is InChI=1S/C33H23NO3/c35-33(36)31(25-8-2-1-3-9-25)26-20-16-23(17-21-26)22-14-18-24(19-15-22)27-10-4-5-11-28(27)32-34-29-12-6-7-13-30(29)37-32/h1-21,31H,(H,35,36). The quantitative estimate of drug-likeness (QED) is 0.261. The third-order valence-corrected chi connectivity index (χ3v) is 6.60. The van der Waals surface area contributed by atoms with Gasteiger partial charge in [0, 0.05) is 5.56 Å². The molecule has 4 heteroatoms. The summed E-state index contributed by atoms with van der Waals surface area (Å²) in [5.41, 5.74) is 8.26. The number of hydrogen-bond donors (Lipinski definition) is 1. The van der Waals surface area contributed by atoms with Crippen LogP contribution in [0.25, 0.3) is 44.8 Å². The Labute approximate surface area is 214 Å². The first-order valence-corrected chi connectivity index (χ1v) is 12.1. The fourth-order valence-electron chi connectivity index (χ4n) is 4.74. The number of carboxylic acids is 1. The number of hydrogen-bond acceptors (Lipinski definition) is 3. The molecule has 178 valence electrons. The van der Waals surface area contributed by atoms with E-state index >= 15 is 0 Å². The molecule has 5 aromatic carbocycles. The first-order chi connectivity index (χ1) is 18.2. The highest BCUT2D eigenvalue weighted by Gasteiger charge is 2.21. The van der Waals surface area contributed by atoms with Crippen LogP contribution < -0.4 is 0 Å². The molecule has 6 aromatic rings. The summed E-state index contributed by atoms with van der Waals surface area (Å²) in [5, 5.41) is 9.84. The molecule has 0 bridgehead atoms. The molecule has 1 unspecified atom stereocenters. The largest absolute Gasteiger partial charge is 0.481 e. The van der Waals surface area contributed by atoms with E-state index in [0.29, 0.717) is 5.89 Å². The lowest BCUT2D eigenvalue weighted by molar-refractivity contribution is -0.137. The van der Waals surface area contributed by atoms with Crippen LogP contribution in [0.15, 0.2) is 132 Å². The first-order valence-electron chi connectivity index (χ1n) is 12.1. The van der Waals surface area contributed by atoms with E-state index in [1.54, 1.807) is 0 Å². The second-order valence-corrected chi connectivity index (χ2v) is 8.91. The van der Waals surface area contributed by atoms with E-state index < -0.39 is 11.9 Å². The monoisotopic (exact) mass is 481 g/mol. The molecule has 1 atom stereocenters. The molecule has 0 aliphatic carbocycles. The molecule has 0 spiro atoms. The van der Waals surface area contributed by atoms with Gasteiger partial charge >= 0.3 is 5.97 Å². The Hall–Kier alpha value is -4.96. The minimum atomic E-state index is -0.860. The van der Waals surface area contributed by atoms with Gasteiger partial charge in [0.05, 0.1) is 0 Å². The summed E-state index contributed by atoms with van der Waals surface area (Å²) in [6.45, 7) is 0. The number of aromatic nitrogens is 1. The van der Waals surface area contributed by atoms with Crippen LogP contribution in [0, 0.1) is 0 Å². The fourth-order valence-corrected chi connectivity index (χ4v) is 4.74. The van der Waals surface area contributed by atoms with E-state index in [1.807, 2.05) is 97.1 Å². The zero-order valence-electron chi connectivity index (χ0n) is 19.9. The van der Waals surface area contributed by atoms with Crippen LogP contribution >= 0.6 is 0 Å². The van der Waals surface area contributed by atoms with Crippen molar-refractivity contribution in [1.82, 2.24) is 4.98 Å². The van der Waals surface area contributed by atoms with Crippen molar-refractivity contribution in [2.75, 3.05) is 0 Å². The van der Waals surface area contributed by atoms with Crippen LogP contribution in [0.5, 0.6) is 0 Å². The third-order valence-electron chi connectivity index (χ3n) is 6.60. The van der Waals surface area contributed by atoms with Crippen molar-refractivity contribution in [3.8, 4) is 33.7 Å². The van der Waals surface area contributed by atoms with Gasteiger partial charge in [0.1, 0.15) is 11.4 Å². The van der Waals surface area contributed by atoms with Crippen LogP contribution in [-0.2, 0) is 4.79 Å². The molecule has 0 aliphatic heterocycles. The summed E-state index contributed by atoms with van der Waals surface area (Å²) in [4.78, 5) is 16.7. The fraction of sp³-hybridized carbons (Fsp3) is 0.0303. The van der Waals surface area contributed by atoms with Crippen LogP contribution in [-0.4, -0.2) is 16.1 Å². The summed E-state index contributed by atoms with van der Waals surface area (Å²) >= 11 is 0. The number of benzene rings is 5. The van der Waals surface area contributed by atoms with Crippen LogP contribution in [0.2, 0.25) is 0 Å². The van der Waals surface area contributed by atoms with Crippen molar-refractivity contribution < 1.29 is 14.3 Å². The molecule has 1 N–H and O–H groups in total. The predicted molar refractivity (Wildman–Crippen MR) is 146 cm³/mol. The molecule has 0 saturated carbocycles. The highest BCUT2D eigenvalue weighted by Crippen LogP contribution is 2.35. The van der Waals surface area contributed by atoms with Crippen molar-refractivity contribution >= 4 is 17.1 Å². The van der Waals surface area contributed by atoms with Gasteiger partial charge in [0.2, 0.25) is 5.89 Å². The molecule has 4 nitrogen and oxygen atoms in total. The third kappa shape index (κ3) is 4.41. The normalized spacial score (nSPS) is 11.9. The second kappa shape index (κ2) is 9.59. The summed E-state index contributed by atoms with van der Waals surface area (Å²) in [6, 6.07) is 41.3. The van der Waals surface area contributed by atoms with Crippen molar-refractivity contribution in [2.24, 2.45) is 0 Å². The molecule has 37 heavy (non-hydrogen) atoms. The highest BCUT2D eigenvalue weighted by molar-refractivity contribution is 5.85. The molecule has 0 fully saturated rings.